The van der Waals surface area contributed by atoms with Gasteiger partial charge in [-0.25, -0.2) is 4.68 Å². The maximum atomic E-state index is 6.10. The van der Waals surface area contributed by atoms with Crippen LogP contribution in [-0.4, -0.2) is 31.7 Å². The minimum absolute atomic E-state index is 0.356. The Morgan fingerprint density at radius 1 is 1.19 bits per heavy atom. The molecule has 0 saturated heterocycles. The van der Waals surface area contributed by atoms with Gasteiger partial charge in [0.25, 0.3) is 0 Å². The molecule has 3 rings (SSSR count). The molecule has 2 N–H and O–H groups in total. The van der Waals surface area contributed by atoms with Crippen LogP contribution in [0.25, 0.3) is 11.5 Å². The zero-order chi connectivity index (χ0) is 14.7. The van der Waals surface area contributed by atoms with Crippen LogP contribution in [0.3, 0.4) is 0 Å². The average Bonchev–Trinajstić information content (AvgIpc) is 3.10. The Kier molecular flexibility index (Phi) is 3.94. The van der Waals surface area contributed by atoms with E-state index in [4.69, 9.17) is 21.8 Å². The van der Waals surface area contributed by atoms with Gasteiger partial charge in [0.2, 0.25) is 11.8 Å². The van der Waals surface area contributed by atoms with Gasteiger partial charge in [0.1, 0.15) is 6.54 Å². The summed E-state index contributed by atoms with van der Waals surface area (Å²) in [4.78, 5) is 0. The molecule has 0 radical (unpaired) electrons. The number of nitrogens with zero attached hydrogens (tertiary/aromatic N) is 5. The quantitative estimate of drug-likeness (QED) is 0.768. The van der Waals surface area contributed by atoms with Gasteiger partial charge in [0, 0.05) is 12.6 Å². The minimum Gasteiger partial charge on any atom is -0.419 e. The third-order valence-corrected chi connectivity index (χ3v) is 3.18. The van der Waals surface area contributed by atoms with Crippen molar-refractivity contribution in [3.05, 3.63) is 47.1 Å². The number of benzene rings is 1. The molecule has 0 bridgehead atoms. The van der Waals surface area contributed by atoms with E-state index >= 15 is 0 Å². The average molecular weight is 305 g/mol. The lowest BCUT2D eigenvalue weighted by Gasteiger charge is -1.97. The molecule has 0 saturated carbocycles. The lowest BCUT2D eigenvalue weighted by atomic mass is 10.2. The summed E-state index contributed by atoms with van der Waals surface area (Å²) in [5.41, 5.74) is 7.02. The van der Waals surface area contributed by atoms with Crippen LogP contribution in [0.15, 0.2) is 34.9 Å². The van der Waals surface area contributed by atoms with Gasteiger partial charge in [-0.3, -0.25) is 0 Å². The Morgan fingerprint density at radius 2 is 2.05 bits per heavy atom. The molecule has 7 nitrogen and oxygen atoms in total. The van der Waals surface area contributed by atoms with E-state index in [2.05, 4.69) is 20.5 Å². The second-order valence-electron chi connectivity index (χ2n) is 4.43. The Hall–Kier alpha value is -2.25. The first-order valence-electron chi connectivity index (χ1n) is 6.42. The topological polar surface area (TPSA) is 95.7 Å². The first-order valence-corrected chi connectivity index (χ1v) is 6.80. The van der Waals surface area contributed by atoms with Crippen LogP contribution >= 0.6 is 11.6 Å². The van der Waals surface area contributed by atoms with Crippen molar-refractivity contribution in [3.8, 4) is 11.5 Å². The Labute approximate surface area is 125 Å². The van der Waals surface area contributed by atoms with E-state index in [-0.39, 0.29) is 0 Å². The predicted molar refractivity (Wildman–Crippen MR) is 76.6 cm³/mol. The van der Waals surface area contributed by atoms with Crippen molar-refractivity contribution in [1.82, 2.24) is 25.2 Å². The maximum Gasteiger partial charge on any atom is 0.249 e. The number of halogens is 1. The summed E-state index contributed by atoms with van der Waals surface area (Å²) in [6, 6.07) is 7.31. The highest BCUT2D eigenvalue weighted by Crippen LogP contribution is 2.26. The fourth-order valence-electron chi connectivity index (χ4n) is 1.88. The summed E-state index contributed by atoms with van der Waals surface area (Å²) in [5, 5.41) is 16.6. The second-order valence-corrected chi connectivity index (χ2v) is 4.83. The van der Waals surface area contributed by atoms with Crippen molar-refractivity contribution in [2.75, 3.05) is 6.54 Å². The monoisotopic (exact) mass is 304 g/mol. The molecule has 0 fully saturated rings. The van der Waals surface area contributed by atoms with Crippen LogP contribution < -0.4 is 5.73 Å². The third-order valence-electron chi connectivity index (χ3n) is 2.85. The van der Waals surface area contributed by atoms with E-state index in [0.717, 1.165) is 5.69 Å². The van der Waals surface area contributed by atoms with Gasteiger partial charge in [-0.1, -0.05) is 28.9 Å². The third kappa shape index (κ3) is 3.09. The molecule has 0 aliphatic rings. The highest BCUT2D eigenvalue weighted by molar-refractivity contribution is 6.33. The fraction of sp³-hybridized carbons (Fsp3) is 0.231. The molecule has 8 heteroatoms. The van der Waals surface area contributed by atoms with E-state index in [9.17, 15) is 0 Å². The number of hydrogen-bond acceptors (Lipinski definition) is 6. The van der Waals surface area contributed by atoms with Gasteiger partial charge < -0.3 is 10.2 Å². The molecule has 0 aliphatic heterocycles. The summed E-state index contributed by atoms with van der Waals surface area (Å²) in [6.45, 7) is 0.894. The molecule has 108 valence electrons. The van der Waals surface area contributed by atoms with Crippen molar-refractivity contribution in [2.45, 2.75) is 13.0 Å². The van der Waals surface area contributed by atoms with Crippen LogP contribution in [0, 0.1) is 0 Å². The summed E-state index contributed by atoms with van der Waals surface area (Å²) in [5.74, 6) is 0.826. The van der Waals surface area contributed by atoms with Crippen LogP contribution in [0.1, 0.15) is 11.6 Å². The van der Waals surface area contributed by atoms with Crippen molar-refractivity contribution in [2.24, 2.45) is 5.73 Å². The Bertz CT molecular complexity index is 738. The maximum absolute atomic E-state index is 6.10. The van der Waals surface area contributed by atoms with E-state index in [1.54, 1.807) is 10.7 Å². The number of rotatable bonds is 5. The molecule has 0 atom stereocenters. The summed E-state index contributed by atoms with van der Waals surface area (Å²) < 4.78 is 7.24. The smallest absolute Gasteiger partial charge is 0.249 e. The standard InChI is InChI=1S/C13H13ClN6O/c14-11-4-2-1-3-10(11)13-18-17-12(21-13)8-20-7-9(5-6-15)16-19-20/h1-4,7H,5-6,8,15H2. The Morgan fingerprint density at radius 3 is 2.86 bits per heavy atom. The molecule has 3 aromatic rings. The van der Waals surface area contributed by atoms with Crippen molar-refractivity contribution in [1.29, 1.82) is 0 Å². The molecule has 0 spiro atoms. The Balaban J connectivity index is 1.77. The van der Waals surface area contributed by atoms with Crippen LogP contribution in [0.4, 0.5) is 0 Å². The predicted octanol–water partition coefficient (Wildman–Crippen LogP) is 1.53. The number of aromatic nitrogens is 5. The molecule has 0 unspecified atom stereocenters. The van der Waals surface area contributed by atoms with E-state index in [0.29, 0.717) is 41.9 Å². The summed E-state index contributed by atoms with van der Waals surface area (Å²) in [6.07, 6.45) is 2.50. The molecule has 0 amide bonds. The highest BCUT2D eigenvalue weighted by Gasteiger charge is 2.12. The van der Waals surface area contributed by atoms with Crippen LogP contribution in [0.5, 0.6) is 0 Å². The summed E-state index contributed by atoms with van der Waals surface area (Å²) in [7, 11) is 0. The summed E-state index contributed by atoms with van der Waals surface area (Å²) >= 11 is 6.10. The minimum atomic E-state index is 0.356. The van der Waals surface area contributed by atoms with Gasteiger partial charge in [-0.15, -0.1) is 15.3 Å². The number of hydrogen-bond donors (Lipinski definition) is 1. The van der Waals surface area contributed by atoms with E-state index in [1.165, 1.54) is 0 Å². The van der Waals surface area contributed by atoms with Gasteiger partial charge in [0.05, 0.1) is 16.3 Å². The van der Waals surface area contributed by atoms with E-state index in [1.807, 2.05) is 24.4 Å². The van der Waals surface area contributed by atoms with Crippen molar-refractivity contribution >= 4 is 11.6 Å². The second kappa shape index (κ2) is 6.02. The first kappa shape index (κ1) is 13.7. The molecule has 2 heterocycles. The zero-order valence-corrected chi connectivity index (χ0v) is 11.9. The molecule has 0 aliphatic carbocycles. The number of nitrogens with two attached hydrogens (primary N) is 1. The van der Waals surface area contributed by atoms with E-state index < -0.39 is 0 Å². The van der Waals surface area contributed by atoms with Crippen molar-refractivity contribution < 1.29 is 4.42 Å². The molecular formula is C13H13ClN6O. The van der Waals surface area contributed by atoms with Gasteiger partial charge in [-0.05, 0) is 18.7 Å². The van der Waals surface area contributed by atoms with Gasteiger partial charge >= 0.3 is 0 Å². The van der Waals surface area contributed by atoms with Gasteiger partial charge in [-0.2, -0.15) is 0 Å². The zero-order valence-electron chi connectivity index (χ0n) is 11.1. The van der Waals surface area contributed by atoms with Gasteiger partial charge in [0.15, 0.2) is 0 Å². The first-order chi connectivity index (χ1) is 10.3. The largest absolute Gasteiger partial charge is 0.419 e. The van der Waals surface area contributed by atoms with Crippen LogP contribution in [0.2, 0.25) is 5.02 Å². The molecule has 2 aromatic heterocycles. The molecule has 1 aromatic carbocycles. The lowest BCUT2D eigenvalue weighted by molar-refractivity contribution is 0.469. The molecular weight excluding hydrogens is 292 g/mol. The molecule has 21 heavy (non-hydrogen) atoms. The van der Waals surface area contributed by atoms with Crippen molar-refractivity contribution in [3.63, 3.8) is 0 Å². The SMILES string of the molecule is NCCc1cn(Cc2nnc(-c3ccccc3Cl)o2)nn1. The normalized spacial score (nSPS) is 11.0. The highest BCUT2D eigenvalue weighted by atomic mass is 35.5. The lowest BCUT2D eigenvalue weighted by Crippen LogP contribution is -2.03. The fourth-order valence-corrected chi connectivity index (χ4v) is 2.09. The van der Waals surface area contributed by atoms with Crippen LogP contribution in [-0.2, 0) is 13.0 Å².